The smallest absolute Gasteiger partial charge is 0.346 e. The maximum Gasteiger partial charge on any atom is 0.346 e. The van der Waals surface area contributed by atoms with Crippen molar-refractivity contribution in [3.63, 3.8) is 0 Å². The molecule has 0 saturated heterocycles. The molecule has 0 aliphatic rings. The summed E-state index contributed by atoms with van der Waals surface area (Å²) in [5.41, 5.74) is 0.449. The first-order valence-electron chi connectivity index (χ1n) is 5.48. The maximum atomic E-state index is 13.6. The van der Waals surface area contributed by atoms with Crippen molar-refractivity contribution in [3.05, 3.63) is 50.6 Å². The topological polar surface area (TPSA) is 66.4 Å². The lowest BCUT2D eigenvalue weighted by molar-refractivity contribution is 0.0701. The number of halogens is 2. The SMILES string of the molecule is Cc1cc(NC(=O)c2ccc(Br)cc2F)sc1C(=O)O. The van der Waals surface area contributed by atoms with E-state index in [2.05, 4.69) is 21.2 Å². The van der Waals surface area contributed by atoms with Crippen LogP contribution in [-0.4, -0.2) is 17.0 Å². The van der Waals surface area contributed by atoms with E-state index in [0.717, 1.165) is 11.3 Å². The molecule has 1 heterocycles. The van der Waals surface area contributed by atoms with Gasteiger partial charge in [-0.25, -0.2) is 9.18 Å². The Labute approximate surface area is 126 Å². The fourth-order valence-corrected chi connectivity index (χ4v) is 2.85. The second-order valence-electron chi connectivity index (χ2n) is 4.01. The van der Waals surface area contributed by atoms with Gasteiger partial charge in [-0.2, -0.15) is 0 Å². The van der Waals surface area contributed by atoms with E-state index in [1.807, 2.05) is 0 Å². The van der Waals surface area contributed by atoms with E-state index in [1.165, 1.54) is 12.1 Å². The van der Waals surface area contributed by atoms with Crippen LogP contribution in [0.15, 0.2) is 28.7 Å². The number of amides is 1. The van der Waals surface area contributed by atoms with Crippen LogP contribution in [-0.2, 0) is 0 Å². The van der Waals surface area contributed by atoms with Crippen molar-refractivity contribution in [2.45, 2.75) is 6.92 Å². The Morgan fingerprint density at radius 2 is 2.05 bits per heavy atom. The van der Waals surface area contributed by atoms with Crippen LogP contribution < -0.4 is 5.32 Å². The molecule has 1 aromatic carbocycles. The molecule has 2 aromatic rings. The van der Waals surface area contributed by atoms with Crippen molar-refractivity contribution in [1.29, 1.82) is 0 Å². The highest BCUT2D eigenvalue weighted by molar-refractivity contribution is 9.10. The summed E-state index contributed by atoms with van der Waals surface area (Å²) < 4.78 is 14.2. The van der Waals surface area contributed by atoms with Gasteiger partial charge in [-0.3, -0.25) is 4.79 Å². The molecule has 0 aliphatic heterocycles. The Bertz CT molecular complexity index is 699. The lowest BCUT2D eigenvalue weighted by Crippen LogP contribution is -2.12. The molecule has 0 aliphatic carbocycles. The van der Waals surface area contributed by atoms with E-state index in [0.29, 0.717) is 15.0 Å². The third-order valence-corrected chi connectivity index (χ3v) is 4.16. The summed E-state index contributed by atoms with van der Waals surface area (Å²) in [6.07, 6.45) is 0. The summed E-state index contributed by atoms with van der Waals surface area (Å²) in [6, 6.07) is 5.65. The van der Waals surface area contributed by atoms with E-state index in [9.17, 15) is 14.0 Å². The first-order chi connectivity index (χ1) is 9.38. The number of carboxylic acids is 1. The molecule has 0 atom stereocenters. The van der Waals surface area contributed by atoms with Gasteiger partial charge in [-0.15, -0.1) is 11.3 Å². The quantitative estimate of drug-likeness (QED) is 0.874. The van der Waals surface area contributed by atoms with Crippen LogP contribution in [0.2, 0.25) is 0 Å². The van der Waals surface area contributed by atoms with Crippen LogP contribution >= 0.6 is 27.3 Å². The van der Waals surface area contributed by atoms with Gasteiger partial charge in [-0.1, -0.05) is 15.9 Å². The predicted octanol–water partition coefficient (Wildman–Crippen LogP) is 3.91. The average molecular weight is 358 g/mol. The third-order valence-electron chi connectivity index (χ3n) is 2.52. The molecular formula is C13H9BrFNO3S. The van der Waals surface area contributed by atoms with Crippen molar-refractivity contribution in [2.75, 3.05) is 5.32 Å². The molecular weight excluding hydrogens is 349 g/mol. The maximum absolute atomic E-state index is 13.6. The highest BCUT2D eigenvalue weighted by Gasteiger charge is 2.16. The van der Waals surface area contributed by atoms with Crippen molar-refractivity contribution < 1.29 is 19.1 Å². The molecule has 7 heteroatoms. The third kappa shape index (κ3) is 3.05. The summed E-state index contributed by atoms with van der Waals surface area (Å²) in [5, 5.41) is 11.8. The number of aromatic carboxylic acids is 1. The highest BCUT2D eigenvalue weighted by Crippen LogP contribution is 2.27. The van der Waals surface area contributed by atoms with Crippen LogP contribution in [0.1, 0.15) is 25.6 Å². The van der Waals surface area contributed by atoms with Crippen LogP contribution in [0.25, 0.3) is 0 Å². The molecule has 20 heavy (non-hydrogen) atoms. The van der Waals surface area contributed by atoms with Crippen molar-refractivity contribution in [3.8, 4) is 0 Å². The number of benzene rings is 1. The van der Waals surface area contributed by atoms with Crippen LogP contribution in [0.3, 0.4) is 0 Å². The second-order valence-corrected chi connectivity index (χ2v) is 5.97. The van der Waals surface area contributed by atoms with Crippen molar-refractivity contribution >= 4 is 44.1 Å². The van der Waals surface area contributed by atoms with Crippen molar-refractivity contribution in [2.24, 2.45) is 0 Å². The standard InChI is InChI=1S/C13H9BrFNO3S/c1-6-4-10(20-11(6)13(18)19)16-12(17)8-3-2-7(14)5-9(8)15/h2-5H,1H3,(H,16,17)(H,18,19). The number of carbonyl (C=O) groups excluding carboxylic acids is 1. The summed E-state index contributed by atoms with van der Waals surface area (Å²) in [5.74, 6) is -2.32. The fraction of sp³-hybridized carbons (Fsp3) is 0.0769. The summed E-state index contributed by atoms with van der Waals surface area (Å²) >= 11 is 4.04. The lowest BCUT2D eigenvalue weighted by atomic mass is 10.2. The average Bonchev–Trinajstić information content (AvgIpc) is 2.70. The van der Waals surface area contributed by atoms with Gasteiger partial charge in [0.15, 0.2) is 0 Å². The zero-order valence-electron chi connectivity index (χ0n) is 10.2. The van der Waals surface area contributed by atoms with Gasteiger partial charge in [0.2, 0.25) is 0 Å². The second kappa shape index (κ2) is 5.72. The predicted molar refractivity (Wildman–Crippen MR) is 78.1 cm³/mol. The Morgan fingerprint density at radius 1 is 1.35 bits per heavy atom. The molecule has 104 valence electrons. The number of hydrogen-bond donors (Lipinski definition) is 2. The number of carboxylic acid groups (broad SMARTS) is 1. The molecule has 0 radical (unpaired) electrons. The molecule has 0 saturated carbocycles. The largest absolute Gasteiger partial charge is 0.477 e. The van der Waals surface area contributed by atoms with Gasteiger partial charge in [-0.05, 0) is 36.8 Å². The number of anilines is 1. The van der Waals surface area contributed by atoms with E-state index in [4.69, 9.17) is 5.11 Å². The zero-order chi connectivity index (χ0) is 14.9. The Morgan fingerprint density at radius 3 is 2.60 bits per heavy atom. The molecule has 0 bridgehead atoms. The number of aryl methyl sites for hydroxylation is 1. The van der Waals surface area contributed by atoms with Crippen LogP contribution in [0.5, 0.6) is 0 Å². The summed E-state index contributed by atoms with van der Waals surface area (Å²) in [6.45, 7) is 1.63. The molecule has 0 spiro atoms. The lowest BCUT2D eigenvalue weighted by Gasteiger charge is -2.04. The summed E-state index contributed by atoms with van der Waals surface area (Å²) in [4.78, 5) is 23.0. The molecule has 0 unspecified atom stereocenters. The number of rotatable bonds is 3. The minimum Gasteiger partial charge on any atom is -0.477 e. The van der Waals surface area contributed by atoms with Crippen LogP contribution in [0.4, 0.5) is 9.39 Å². The highest BCUT2D eigenvalue weighted by atomic mass is 79.9. The first kappa shape index (κ1) is 14.7. The molecule has 2 rings (SSSR count). The Kier molecular flexibility index (Phi) is 4.20. The number of nitrogens with one attached hydrogen (secondary N) is 1. The minimum absolute atomic E-state index is 0.101. The zero-order valence-corrected chi connectivity index (χ0v) is 12.6. The summed E-state index contributed by atoms with van der Waals surface area (Å²) in [7, 11) is 0. The molecule has 2 N–H and O–H groups in total. The Balaban J connectivity index is 2.23. The molecule has 1 aromatic heterocycles. The van der Waals surface area contributed by atoms with Gasteiger partial charge in [0.1, 0.15) is 10.7 Å². The normalized spacial score (nSPS) is 10.3. The van der Waals surface area contributed by atoms with Crippen molar-refractivity contribution in [1.82, 2.24) is 0 Å². The van der Waals surface area contributed by atoms with E-state index in [-0.39, 0.29) is 10.4 Å². The number of thiophene rings is 1. The van der Waals surface area contributed by atoms with Gasteiger partial charge in [0.25, 0.3) is 5.91 Å². The van der Waals surface area contributed by atoms with Crippen LogP contribution in [0, 0.1) is 12.7 Å². The van der Waals surface area contributed by atoms with E-state index < -0.39 is 17.7 Å². The van der Waals surface area contributed by atoms with Gasteiger partial charge in [0.05, 0.1) is 10.6 Å². The van der Waals surface area contributed by atoms with E-state index in [1.54, 1.807) is 19.1 Å². The fourth-order valence-electron chi connectivity index (χ4n) is 1.61. The Hall–Kier alpha value is -1.73. The number of hydrogen-bond acceptors (Lipinski definition) is 3. The number of carbonyl (C=O) groups is 2. The molecule has 0 fully saturated rings. The monoisotopic (exact) mass is 357 g/mol. The minimum atomic E-state index is -1.05. The first-order valence-corrected chi connectivity index (χ1v) is 7.09. The van der Waals surface area contributed by atoms with Gasteiger partial charge >= 0.3 is 5.97 Å². The molecule has 1 amide bonds. The van der Waals surface area contributed by atoms with E-state index >= 15 is 0 Å². The van der Waals surface area contributed by atoms with Gasteiger partial charge in [0, 0.05) is 4.47 Å². The van der Waals surface area contributed by atoms with Gasteiger partial charge < -0.3 is 10.4 Å². The molecule has 4 nitrogen and oxygen atoms in total.